The van der Waals surface area contributed by atoms with Crippen molar-refractivity contribution in [2.75, 3.05) is 0 Å². The predicted molar refractivity (Wildman–Crippen MR) is 137 cm³/mol. The Bertz CT molecular complexity index is 1390. The lowest BCUT2D eigenvalue weighted by molar-refractivity contribution is -0.117. The van der Waals surface area contributed by atoms with Crippen LogP contribution in [0, 0.1) is 0 Å². The topological polar surface area (TPSA) is 111 Å². The number of nitrogens with zero attached hydrogens (tertiary/aromatic N) is 2. The number of carbonyl (C=O) groups excluding carboxylic acids is 2. The third kappa shape index (κ3) is 6.59. The number of carbonyl (C=O) groups is 2. The molecule has 0 fully saturated rings. The van der Waals surface area contributed by atoms with E-state index in [2.05, 4.69) is 31.6 Å². The number of rotatable bonds is 6. The van der Waals surface area contributed by atoms with E-state index in [1.807, 2.05) is 24.3 Å². The second-order valence-electron chi connectivity index (χ2n) is 9.38. The molecular formula is C27H30N4O5. The zero-order valence-electron chi connectivity index (χ0n) is 21.0. The van der Waals surface area contributed by atoms with Crippen LogP contribution in [0.25, 0.3) is 6.08 Å². The van der Waals surface area contributed by atoms with Crippen LogP contribution in [0.1, 0.15) is 47.8 Å². The van der Waals surface area contributed by atoms with E-state index >= 15 is 0 Å². The SMILES string of the molecule is Cn1cc(/C=C/C(=O)NNC(=O)c2ccc(COc3ccc(C(C)(C)C)cc3)cc2)c(=O)n(C)c1=O. The molecule has 0 spiro atoms. The van der Waals surface area contributed by atoms with E-state index in [0.717, 1.165) is 22.0 Å². The molecule has 188 valence electrons. The van der Waals surface area contributed by atoms with E-state index in [9.17, 15) is 19.2 Å². The average molecular weight is 491 g/mol. The van der Waals surface area contributed by atoms with Crippen molar-refractivity contribution in [2.24, 2.45) is 14.1 Å². The molecule has 0 saturated carbocycles. The van der Waals surface area contributed by atoms with Gasteiger partial charge in [-0.3, -0.25) is 29.8 Å². The molecule has 0 aliphatic heterocycles. The Kier molecular flexibility index (Phi) is 7.93. The Morgan fingerprint density at radius 3 is 2.19 bits per heavy atom. The molecule has 1 aromatic heterocycles. The second kappa shape index (κ2) is 10.9. The van der Waals surface area contributed by atoms with Gasteiger partial charge < -0.3 is 9.30 Å². The molecule has 0 bridgehead atoms. The molecule has 0 saturated heterocycles. The Balaban J connectivity index is 1.51. The van der Waals surface area contributed by atoms with Crippen molar-refractivity contribution in [3.63, 3.8) is 0 Å². The first-order valence-corrected chi connectivity index (χ1v) is 11.3. The summed E-state index contributed by atoms with van der Waals surface area (Å²) in [5.41, 5.74) is 6.27. The minimum atomic E-state index is -0.637. The van der Waals surface area contributed by atoms with Crippen molar-refractivity contribution in [3.05, 3.63) is 104 Å². The highest BCUT2D eigenvalue weighted by atomic mass is 16.5. The molecule has 1 heterocycles. The van der Waals surface area contributed by atoms with E-state index in [4.69, 9.17) is 4.74 Å². The number of ether oxygens (including phenoxy) is 1. The quantitative estimate of drug-likeness (QED) is 0.407. The lowest BCUT2D eigenvalue weighted by atomic mass is 9.87. The Hall–Kier alpha value is -4.40. The number of nitrogens with one attached hydrogen (secondary N) is 2. The summed E-state index contributed by atoms with van der Waals surface area (Å²) in [6, 6.07) is 14.8. The van der Waals surface area contributed by atoms with Crippen molar-refractivity contribution in [1.29, 1.82) is 0 Å². The Morgan fingerprint density at radius 1 is 0.944 bits per heavy atom. The van der Waals surface area contributed by atoms with Gasteiger partial charge in [0.25, 0.3) is 17.4 Å². The van der Waals surface area contributed by atoms with Gasteiger partial charge in [0.2, 0.25) is 0 Å². The van der Waals surface area contributed by atoms with E-state index < -0.39 is 23.1 Å². The van der Waals surface area contributed by atoms with E-state index in [0.29, 0.717) is 12.2 Å². The van der Waals surface area contributed by atoms with Gasteiger partial charge in [0.15, 0.2) is 0 Å². The van der Waals surface area contributed by atoms with Gasteiger partial charge in [-0.15, -0.1) is 0 Å². The smallest absolute Gasteiger partial charge is 0.330 e. The van der Waals surface area contributed by atoms with E-state index in [1.54, 1.807) is 24.3 Å². The fraction of sp³-hybridized carbons (Fsp3) is 0.259. The lowest BCUT2D eigenvalue weighted by Gasteiger charge is -2.19. The first-order valence-electron chi connectivity index (χ1n) is 11.3. The molecule has 36 heavy (non-hydrogen) atoms. The van der Waals surface area contributed by atoms with E-state index in [1.165, 1.54) is 36.5 Å². The van der Waals surface area contributed by atoms with Crippen LogP contribution in [-0.4, -0.2) is 20.9 Å². The van der Waals surface area contributed by atoms with Gasteiger partial charge in [0, 0.05) is 31.9 Å². The largest absolute Gasteiger partial charge is 0.489 e. The minimum Gasteiger partial charge on any atom is -0.489 e. The number of aryl methyl sites for hydroxylation is 1. The summed E-state index contributed by atoms with van der Waals surface area (Å²) in [6.45, 7) is 6.81. The first kappa shape index (κ1) is 26.2. The second-order valence-corrected chi connectivity index (χ2v) is 9.38. The number of benzene rings is 2. The number of amides is 2. The monoisotopic (exact) mass is 490 g/mol. The number of hydrogen-bond donors (Lipinski definition) is 2. The lowest BCUT2D eigenvalue weighted by Crippen LogP contribution is -2.41. The molecule has 2 amide bonds. The summed E-state index contributed by atoms with van der Waals surface area (Å²) < 4.78 is 8.00. The number of hydrogen-bond acceptors (Lipinski definition) is 5. The molecule has 2 N–H and O–H groups in total. The summed E-state index contributed by atoms with van der Waals surface area (Å²) in [5.74, 6) is -0.377. The van der Waals surface area contributed by atoms with E-state index in [-0.39, 0.29) is 11.0 Å². The Morgan fingerprint density at radius 2 is 1.58 bits per heavy atom. The summed E-state index contributed by atoms with van der Waals surface area (Å²) in [7, 11) is 2.85. The molecule has 0 unspecified atom stereocenters. The molecule has 9 heteroatoms. The summed E-state index contributed by atoms with van der Waals surface area (Å²) >= 11 is 0. The van der Waals surface area contributed by atoms with Gasteiger partial charge in [0.05, 0.1) is 5.56 Å². The third-order valence-corrected chi connectivity index (χ3v) is 5.53. The molecule has 0 atom stereocenters. The van der Waals surface area contributed by atoms with Gasteiger partial charge in [0.1, 0.15) is 12.4 Å². The Labute approximate surface area is 209 Å². The summed E-state index contributed by atoms with van der Waals surface area (Å²) in [4.78, 5) is 48.2. The van der Waals surface area contributed by atoms with Crippen molar-refractivity contribution < 1.29 is 14.3 Å². The van der Waals surface area contributed by atoms with Crippen molar-refractivity contribution >= 4 is 17.9 Å². The van der Waals surface area contributed by atoms with Gasteiger partial charge in [-0.25, -0.2) is 4.79 Å². The highest BCUT2D eigenvalue weighted by Gasteiger charge is 2.13. The molecule has 3 rings (SSSR count). The molecule has 0 aliphatic rings. The van der Waals surface area contributed by atoms with Crippen LogP contribution in [-0.2, 0) is 30.9 Å². The van der Waals surface area contributed by atoms with Crippen molar-refractivity contribution in [2.45, 2.75) is 32.8 Å². The fourth-order valence-corrected chi connectivity index (χ4v) is 3.32. The van der Waals surface area contributed by atoms with Crippen LogP contribution in [0.4, 0.5) is 0 Å². The minimum absolute atomic E-state index is 0.0758. The molecule has 0 aliphatic carbocycles. The average Bonchev–Trinajstić information content (AvgIpc) is 2.86. The standard InChI is InChI=1S/C27H30N4O5/c1-27(2,3)21-11-13-22(14-12-21)36-17-18-6-8-19(9-7-18)24(33)29-28-23(32)15-10-20-16-30(4)26(35)31(5)25(20)34/h6-16H,17H2,1-5H3,(H,28,32)(H,29,33)/b15-10+. The first-order chi connectivity index (χ1) is 17.0. The normalized spacial score (nSPS) is 11.4. The number of aromatic nitrogens is 2. The zero-order valence-corrected chi connectivity index (χ0v) is 21.0. The molecular weight excluding hydrogens is 460 g/mol. The van der Waals surface area contributed by atoms with Crippen LogP contribution in [0.5, 0.6) is 5.75 Å². The predicted octanol–water partition coefficient (Wildman–Crippen LogP) is 2.43. The van der Waals surface area contributed by atoms with Crippen molar-refractivity contribution in [1.82, 2.24) is 20.0 Å². The maximum Gasteiger partial charge on any atom is 0.330 e. The van der Waals surface area contributed by atoms with Gasteiger partial charge in [-0.1, -0.05) is 45.0 Å². The van der Waals surface area contributed by atoms with Crippen LogP contribution < -0.4 is 26.8 Å². The van der Waals surface area contributed by atoms with Gasteiger partial charge >= 0.3 is 5.69 Å². The maximum atomic E-state index is 12.3. The van der Waals surface area contributed by atoms with Crippen LogP contribution in [0.15, 0.2) is 70.4 Å². The zero-order chi connectivity index (χ0) is 26.5. The third-order valence-electron chi connectivity index (χ3n) is 5.53. The highest BCUT2D eigenvalue weighted by Crippen LogP contribution is 2.24. The van der Waals surface area contributed by atoms with Crippen LogP contribution in [0.2, 0.25) is 0 Å². The molecule has 3 aromatic rings. The molecule has 0 radical (unpaired) electrons. The fourth-order valence-electron chi connectivity index (χ4n) is 3.32. The number of hydrazine groups is 1. The van der Waals surface area contributed by atoms with Crippen LogP contribution in [0.3, 0.4) is 0 Å². The van der Waals surface area contributed by atoms with Crippen molar-refractivity contribution in [3.8, 4) is 5.75 Å². The summed E-state index contributed by atoms with van der Waals surface area (Å²) in [5, 5.41) is 0. The molecule has 9 nitrogen and oxygen atoms in total. The maximum absolute atomic E-state index is 12.3. The molecule has 2 aromatic carbocycles. The highest BCUT2D eigenvalue weighted by molar-refractivity contribution is 5.97. The van der Waals surface area contributed by atoms with Gasteiger partial charge in [-0.2, -0.15) is 0 Å². The van der Waals surface area contributed by atoms with Crippen LogP contribution >= 0.6 is 0 Å². The summed E-state index contributed by atoms with van der Waals surface area (Å²) in [6.07, 6.45) is 3.70. The van der Waals surface area contributed by atoms with Gasteiger partial charge in [-0.05, 0) is 46.9 Å².